The summed E-state index contributed by atoms with van der Waals surface area (Å²) >= 11 is 0. The van der Waals surface area contributed by atoms with E-state index in [4.69, 9.17) is 14.3 Å². The molecule has 0 atom stereocenters. The second-order valence-electron chi connectivity index (χ2n) is 5.35. The molecule has 0 aliphatic heterocycles. The van der Waals surface area contributed by atoms with Crippen LogP contribution in [0.15, 0.2) is 47.2 Å². The van der Waals surface area contributed by atoms with Crippen LogP contribution >= 0.6 is 0 Å². The van der Waals surface area contributed by atoms with Crippen molar-refractivity contribution in [2.45, 2.75) is 0 Å². The SMILES string of the molecule is O=C(O)CNC(=O)c1ncc(C#CCOc2cccc3ccoc23)cc1O. The molecule has 0 saturated heterocycles. The highest BCUT2D eigenvalue weighted by molar-refractivity contribution is 5.96. The van der Waals surface area contributed by atoms with Crippen LogP contribution in [-0.2, 0) is 4.79 Å². The van der Waals surface area contributed by atoms with Gasteiger partial charge in [0.05, 0.1) is 6.26 Å². The Hall–Kier alpha value is -3.99. The number of carboxylic acids is 1. The van der Waals surface area contributed by atoms with E-state index < -0.39 is 24.2 Å². The molecule has 0 saturated carbocycles. The number of aromatic nitrogens is 1. The Morgan fingerprint density at radius 3 is 2.93 bits per heavy atom. The van der Waals surface area contributed by atoms with Gasteiger partial charge in [0, 0.05) is 17.1 Å². The lowest BCUT2D eigenvalue weighted by atomic mass is 10.2. The zero-order valence-corrected chi connectivity index (χ0v) is 13.9. The molecule has 0 unspecified atom stereocenters. The zero-order valence-electron chi connectivity index (χ0n) is 13.9. The van der Waals surface area contributed by atoms with Gasteiger partial charge in [0.1, 0.15) is 18.9 Å². The molecular weight excluding hydrogens is 352 g/mol. The van der Waals surface area contributed by atoms with Gasteiger partial charge in [0.15, 0.2) is 17.0 Å². The highest BCUT2D eigenvalue weighted by Gasteiger charge is 2.14. The van der Waals surface area contributed by atoms with Crippen molar-refractivity contribution in [2.75, 3.05) is 13.2 Å². The number of fused-ring (bicyclic) bond motifs is 1. The molecule has 1 aromatic carbocycles. The van der Waals surface area contributed by atoms with Crippen LogP contribution in [0.2, 0.25) is 0 Å². The van der Waals surface area contributed by atoms with Crippen LogP contribution in [0.5, 0.6) is 11.5 Å². The van der Waals surface area contributed by atoms with Crippen LogP contribution in [0, 0.1) is 11.8 Å². The Bertz CT molecular complexity index is 1060. The predicted octanol–water partition coefficient (Wildman–Crippen LogP) is 1.78. The van der Waals surface area contributed by atoms with Gasteiger partial charge in [-0.3, -0.25) is 9.59 Å². The van der Waals surface area contributed by atoms with Crippen molar-refractivity contribution in [3.63, 3.8) is 0 Å². The van der Waals surface area contributed by atoms with Gasteiger partial charge in [-0.05, 0) is 18.2 Å². The maximum atomic E-state index is 11.7. The number of hydrogen-bond acceptors (Lipinski definition) is 6. The number of carbonyl (C=O) groups is 2. The minimum atomic E-state index is -1.20. The average molecular weight is 366 g/mol. The largest absolute Gasteiger partial charge is 0.505 e. The molecule has 2 aromatic heterocycles. The van der Waals surface area contributed by atoms with Crippen molar-refractivity contribution >= 4 is 22.8 Å². The quantitative estimate of drug-likeness (QED) is 0.588. The number of rotatable bonds is 5. The summed E-state index contributed by atoms with van der Waals surface area (Å²) in [6.45, 7) is -0.483. The Morgan fingerprint density at radius 1 is 1.30 bits per heavy atom. The number of nitrogens with one attached hydrogen (secondary N) is 1. The summed E-state index contributed by atoms with van der Waals surface area (Å²) < 4.78 is 10.9. The average Bonchev–Trinajstić information content (AvgIpc) is 3.13. The van der Waals surface area contributed by atoms with E-state index in [1.807, 2.05) is 18.2 Å². The molecule has 136 valence electrons. The number of para-hydroxylation sites is 1. The van der Waals surface area contributed by atoms with Crippen LogP contribution in [0.4, 0.5) is 0 Å². The van der Waals surface area contributed by atoms with Gasteiger partial charge < -0.3 is 24.7 Å². The van der Waals surface area contributed by atoms with Gasteiger partial charge in [0.2, 0.25) is 0 Å². The molecule has 0 aliphatic carbocycles. The van der Waals surface area contributed by atoms with Gasteiger partial charge in [-0.2, -0.15) is 0 Å². The molecule has 0 fully saturated rings. The summed E-state index contributed by atoms with van der Waals surface area (Å²) in [6.07, 6.45) is 2.88. The lowest BCUT2D eigenvalue weighted by molar-refractivity contribution is -0.135. The summed E-state index contributed by atoms with van der Waals surface area (Å²) in [5.41, 5.74) is 0.736. The third-order valence-electron chi connectivity index (χ3n) is 3.46. The number of aromatic hydroxyl groups is 1. The molecule has 0 spiro atoms. The Morgan fingerprint density at radius 2 is 2.15 bits per heavy atom. The smallest absolute Gasteiger partial charge is 0.322 e. The molecular formula is C19H14N2O6. The van der Waals surface area contributed by atoms with Crippen molar-refractivity contribution < 1.29 is 29.0 Å². The molecule has 1 amide bonds. The van der Waals surface area contributed by atoms with Gasteiger partial charge in [-0.1, -0.05) is 24.0 Å². The standard InChI is InChI=1S/C19H14N2O6/c22-14-9-12(10-20-17(14)19(25)21-11-16(23)24)3-2-7-26-15-5-1-4-13-6-8-27-18(13)15/h1,4-6,8-10,22H,7,11H2,(H,21,25)(H,23,24). The molecule has 0 radical (unpaired) electrons. The number of carboxylic acid groups (broad SMARTS) is 1. The molecule has 8 heteroatoms. The van der Waals surface area contributed by atoms with E-state index in [1.54, 1.807) is 12.3 Å². The molecule has 27 heavy (non-hydrogen) atoms. The maximum absolute atomic E-state index is 11.7. The lowest BCUT2D eigenvalue weighted by Gasteiger charge is -2.04. The number of furan rings is 1. The zero-order chi connectivity index (χ0) is 19.2. The molecule has 0 aliphatic rings. The fourth-order valence-electron chi connectivity index (χ4n) is 2.27. The van der Waals surface area contributed by atoms with Crippen LogP contribution in [0.25, 0.3) is 11.0 Å². The first-order chi connectivity index (χ1) is 13.0. The normalized spacial score (nSPS) is 10.1. The van der Waals surface area contributed by atoms with Crippen molar-refractivity contribution in [3.8, 4) is 23.3 Å². The van der Waals surface area contributed by atoms with E-state index in [0.29, 0.717) is 16.9 Å². The van der Waals surface area contributed by atoms with Crippen molar-refractivity contribution in [1.82, 2.24) is 10.3 Å². The number of carbonyl (C=O) groups excluding carboxylic acids is 1. The molecule has 3 rings (SSSR count). The lowest BCUT2D eigenvalue weighted by Crippen LogP contribution is -2.29. The second kappa shape index (κ2) is 7.93. The van der Waals surface area contributed by atoms with Gasteiger partial charge in [-0.25, -0.2) is 4.98 Å². The Balaban J connectivity index is 1.63. The van der Waals surface area contributed by atoms with Crippen molar-refractivity contribution in [2.24, 2.45) is 0 Å². The monoisotopic (exact) mass is 366 g/mol. The summed E-state index contributed by atoms with van der Waals surface area (Å²) in [5, 5.41) is 21.5. The van der Waals surface area contributed by atoms with Crippen molar-refractivity contribution in [1.29, 1.82) is 0 Å². The molecule has 8 nitrogen and oxygen atoms in total. The van der Waals surface area contributed by atoms with E-state index in [0.717, 1.165) is 5.39 Å². The van der Waals surface area contributed by atoms with Crippen LogP contribution in [-0.4, -0.2) is 40.2 Å². The topological polar surface area (TPSA) is 122 Å². The van der Waals surface area contributed by atoms with E-state index in [2.05, 4.69) is 22.1 Å². The van der Waals surface area contributed by atoms with E-state index >= 15 is 0 Å². The fourth-order valence-corrected chi connectivity index (χ4v) is 2.27. The van der Waals surface area contributed by atoms with E-state index in [9.17, 15) is 14.7 Å². The number of benzene rings is 1. The summed E-state index contributed by atoms with van der Waals surface area (Å²) in [6, 6.07) is 8.61. The van der Waals surface area contributed by atoms with E-state index in [-0.39, 0.29) is 12.3 Å². The minimum Gasteiger partial charge on any atom is -0.505 e. The van der Waals surface area contributed by atoms with Crippen LogP contribution < -0.4 is 10.1 Å². The molecule has 0 bridgehead atoms. The number of nitrogens with zero attached hydrogens (tertiary/aromatic N) is 1. The minimum absolute atomic E-state index is 0.0847. The summed E-state index contributed by atoms with van der Waals surface area (Å²) in [4.78, 5) is 26.0. The summed E-state index contributed by atoms with van der Waals surface area (Å²) in [7, 11) is 0. The third-order valence-corrected chi connectivity index (χ3v) is 3.46. The highest BCUT2D eigenvalue weighted by Crippen LogP contribution is 2.26. The number of hydrogen-bond donors (Lipinski definition) is 3. The molecule has 2 heterocycles. The Kier molecular flexibility index (Phi) is 5.23. The highest BCUT2D eigenvalue weighted by atomic mass is 16.5. The third kappa shape index (κ3) is 4.35. The molecule has 3 N–H and O–H groups in total. The van der Waals surface area contributed by atoms with Gasteiger partial charge >= 0.3 is 5.97 Å². The van der Waals surface area contributed by atoms with Crippen molar-refractivity contribution in [3.05, 3.63) is 54.0 Å². The first-order valence-corrected chi connectivity index (χ1v) is 7.81. The summed E-state index contributed by atoms with van der Waals surface area (Å²) in [5.74, 6) is 3.72. The second-order valence-corrected chi connectivity index (χ2v) is 5.35. The number of aliphatic carboxylic acids is 1. The van der Waals surface area contributed by atoms with Gasteiger partial charge in [0.25, 0.3) is 5.91 Å². The number of pyridine rings is 1. The first kappa shape index (κ1) is 17.8. The number of amides is 1. The number of ether oxygens (including phenoxy) is 1. The van der Waals surface area contributed by atoms with Crippen LogP contribution in [0.3, 0.4) is 0 Å². The van der Waals surface area contributed by atoms with E-state index in [1.165, 1.54) is 12.3 Å². The molecule has 3 aromatic rings. The van der Waals surface area contributed by atoms with Gasteiger partial charge in [-0.15, -0.1) is 0 Å². The fraction of sp³-hybridized carbons (Fsp3) is 0.105. The van der Waals surface area contributed by atoms with Crippen LogP contribution in [0.1, 0.15) is 16.1 Å². The Labute approximate surface area is 153 Å². The first-order valence-electron chi connectivity index (χ1n) is 7.81. The predicted molar refractivity (Wildman–Crippen MR) is 94.5 cm³/mol. The maximum Gasteiger partial charge on any atom is 0.322 e.